The zero-order chi connectivity index (χ0) is 13.5. The fourth-order valence-electron chi connectivity index (χ4n) is 1.79. The van der Waals surface area contributed by atoms with Gasteiger partial charge in [0.25, 0.3) is 0 Å². The highest BCUT2D eigenvalue weighted by Crippen LogP contribution is 2.15. The number of unbranched alkanes of at least 4 members (excludes halogenated alkanes) is 1. The van der Waals surface area contributed by atoms with Crippen molar-refractivity contribution >= 4 is 5.69 Å². The maximum atomic E-state index is 13.5. The minimum absolute atomic E-state index is 0.336. The summed E-state index contributed by atoms with van der Waals surface area (Å²) in [5.74, 6) is -0.381. The lowest BCUT2D eigenvalue weighted by atomic mass is 10.2. The first kappa shape index (κ1) is 13.1. The monoisotopic (exact) mass is 258 g/mol. The number of nitriles is 1. The van der Waals surface area contributed by atoms with Crippen LogP contribution in [0.25, 0.3) is 0 Å². The van der Waals surface area contributed by atoms with Crippen LogP contribution in [0.3, 0.4) is 0 Å². The highest BCUT2D eigenvalue weighted by molar-refractivity contribution is 5.48. The Kier molecular flexibility index (Phi) is 4.51. The van der Waals surface area contributed by atoms with Crippen molar-refractivity contribution in [3.8, 4) is 6.07 Å². The van der Waals surface area contributed by atoms with Gasteiger partial charge in [0, 0.05) is 25.5 Å². The molecule has 0 unspecified atom stereocenters. The quantitative estimate of drug-likeness (QED) is 0.810. The van der Waals surface area contributed by atoms with E-state index >= 15 is 0 Å². The average molecular weight is 258 g/mol. The van der Waals surface area contributed by atoms with Crippen LogP contribution in [-0.4, -0.2) is 16.1 Å². The molecule has 0 bridgehead atoms. The van der Waals surface area contributed by atoms with E-state index in [1.165, 1.54) is 6.07 Å². The van der Waals surface area contributed by atoms with Crippen LogP contribution in [0.4, 0.5) is 10.1 Å². The SMILES string of the molecule is N#Cc1ccc(NCCCCn2ccnc2)c(F)c1. The molecule has 0 saturated carbocycles. The van der Waals surface area contributed by atoms with Crippen molar-refractivity contribution in [3.63, 3.8) is 0 Å². The minimum Gasteiger partial charge on any atom is -0.383 e. The molecule has 0 amide bonds. The zero-order valence-electron chi connectivity index (χ0n) is 10.5. The van der Waals surface area contributed by atoms with Crippen molar-refractivity contribution in [3.05, 3.63) is 48.3 Å². The second kappa shape index (κ2) is 6.55. The van der Waals surface area contributed by atoms with Crippen LogP contribution in [0.15, 0.2) is 36.9 Å². The average Bonchev–Trinajstić information content (AvgIpc) is 2.93. The van der Waals surface area contributed by atoms with Crippen LogP contribution < -0.4 is 5.32 Å². The summed E-state index contributed by atoms with van der Waals surface area (Å²) in [7, 11) is 0. The van der Waals surface area contributed by atoms with Crippen LogP contribution in [-0.2, 0) is 6.54 Å². The molecule has 0 radical (unpaired) electrons. The van der Waals surface area contributed by atoms with Gasteiger partial charge in [0.15, 0.2) is 0 Å². The summed E-state index contributed by atoms with van der Waals surface area (Å²) in [4.78, 5) is 3.97. The number of aromatic nitrogens is 2. The van der Waals surface area contributed by atoms with E-state index in [4.69, 9.17) is 5.26 Å². The molecule has 0 spiro atoms. The van der Waals surface area contributed by atoms with Gasteiger partial charge in [-0.1, -0.05) is 0 Å². The standard InChI is InChI=1S/C14H15FN4/c15-13-9-12(10-16)3-4-14(13)18-5-1-2-7-19-8-6-17-11-19/h3-4,6,8-9,11,18H,1-2,5,7H2. The highest BCUT2D eigenvalue weighted by Gasteiger charge is 2.02. The molecule has 0 aliphatic heterocycles. The Labute approximate surface area is 111 Å². The van der Waals surface area contributed by atoms with E-state index in [9.17, 15) is 4.39 Å². The smallest absolute Gasteiger partial charge is 0.147 e. The summed E-state index contributed by atoms with van der Waals surface area (Å²) < 4.78 is 15.6. The van der Waals surface area contributed by atoms with Gasteiger partial charge in [-0.05, 0) is 31.0 Å². The summed E-state index contributed by atoms with van der Waals surface area (Å²) >= 11 is 0. The molecular formula is C14H15FN4. The first-order valence-electron chi connectivity index (χ1n) is 6.19. The van der Waals surface area contributed by atoms with Crippen molar-refractivity contribution in [2.75, 3.05) is 11.9 Å². The Bertz CT molecular complexity index is 557. The molecule has 1 aromatic heterocycles. The lowest BCUT2D eigenvalue weighted by Gasteiger charge is -2.07. The Morgan fingerprint density at radius 3 is 2.95 bits per heavy atom. The summed E-state index contributed by atoms with van der Waals surface area (Å²) in [6.45, 7) is 1.62. The largest absolute Gasteiger partial charge is 0.383 e. The Morgan fingerprint density at radius 2 is 2.26 bits per heavy atom. The molecule has 0 aliphatic rings. The van der Waals surface area contributed by atoms with Gasteiger partial charge in [-0.3, -0.25) is 0 Å². The Morgan fingerprint density at radius 1 is 1.37 bits per heavy atom. The Hall–Kier alpha value is -2.35. The molecule has 1 heterocycles. The van der Waals surface area contributed by atoms with E-state index in [1.807, 2.05) is 16.8 Å². The minimum atomic E-state index is -0.381. The normalized spacial score (nSPS) is 10.1. The molecule has 2 aromatic rings. The maximum absolute atomic E-state index is 13.5. The number of rotatable bonds is 6. The van der Waals surface area contributed by atoms with E-state index < -0.39 is 0 Å². The van der Waals surface area contributed by atoms with E-state index in [1.54, 1.807) is 24.7 Å². The highest BCUT2D eigenvalue weighted by atomic mass is 19.1. The van der Waals surface area contributed by atoms with Crippen molar-refractivity contribution in [1.82, 2.24) is 9.55 Å². The molecule has 0 fully saturated rings. The molecule has 0 atom stereocenters. The van der Waals surface area contributed by atoms with Crippen molar-refractivity contribution in [1.29, 1.82) is 5.26 Å². The Balaban J connectivity index is 1.72. The van der Waals surface area contributed by atoms with Crippen LogP contribution in [0, 0.1) is 17.1 Å². The first-order chi connectivity index (χ1) is 9.29. The number of aryl methyl sites for hydroxylation is 1. The van der Waals surface area contributed by atoms with Gasteiger partial charge < -0.3 is 9.88 Å². The van der Waals surface area contributed by atoms with Gasteiger partial charge in [-0.2, -0.15) is 5.26 Å². The van der Waals surface area contributed by atoms with E-state index in [-0.39, 0.29) is 5.82 Å². The number of anilines is 1. The third kappa shape index (κ3) is 3.81. The molecule has 2 rings (SSSR count). The van der Waals surface area contributed by atoms with E-state index in [0.717, 1.165) is 19.4 Å². The van der Waals surface area contributed by atoms with Gasteiger partial charge in [0.2, 0.25) is 0 Å². The lowest BCUT2D eigenvalue weighted by molar-refractivity contribution is 0.613. The molecule has 0 saturated heterocycles. The van der Waals surface area contributed by atoms with Gasteiger partial charge in [-0.25, -0.2) is 9.37 Å². The number of halogens is 1. The van der Waals surface area contributed by atoms with E-state index in [0.29, 0.717) is 17.8 Å². The molecule has 1 aromatic carbocycles. The molecule has 1 N–H and O–H groups in total. The number of hydrogen-bond acceptors (Lipinski definition) is 3. The fraction of sp³-hybridized carbons (Fsp3) is 0.286. The molecule has 5 heteroatoms. The predicted molar refractivity (Wildman–Crippen MR) is 71.1 cm³/mol. The first-order valence-corrected chi connectivity index (χ1v) is 6.19. The van der Waals surface area contributed by atoms with Gasteiger partial charge >= 0.3 is 0 Å². The van der Waals surface area contributed by atoms with Gasteiger partial charge in [-0.15, -0.1) is 0 Å². The van der Waals surface area contributed by atoms with Crippen LogP contribution in [0.1, 0.15) is 18.4 Å². The summed E-state index contributed by atoms with van der Waals surface area (Å²) in [5.41, 5.74) is 0.782. The number of nitrogens with one attached hydrogen (secondary N) is 1. The second-order valence-electron chi connectivity index (χ2n) is 4.24. The molecule has 0 aliphatic carbocycles. The summed E-state index contributed by atoms with van der Waals surface area (Å²) in [5, 5.41) is 11.7. The lowest BCUT2D eigenvalue weighted by Crippen LogP contribution is -2.05. The summed E-state index contributed by atoms with van der Waals surface area (Å²) in [6, 6.07) is 6.36. The van der Waals surface area contributed by atoms with Gasteiger partial charge in [0.1, 0.15) is 5.82 Å². The summed E-state index contributed by atoms with van der Waals surface area (Å²) in [6.07, 6.45) is 7.41. The third-order valence-corrected chi connectivity index (χ3v) is 2.82. The molecule has 4 nitrogen and oxygen atoms in total. The molecule has 19 heavy (non-hydrogen) atoms. The zero-order valence-corrected chi connectivity index (χ0v) is 10.5. The maximum Gasteiger partial charge on any atom is 0.147 e. The van der Waals surface area contributed by atoms with Crippen LogP contribution in [0.5, 0.6) is 0 Å². The number of nitrogens with zero attached hydrogens (tertiary/aromatic N) is 3. The number of benzene rings is 1. The van der Waals surface area contributed by atoms with Gasteiger partial charge in [0.05, 0.1) is 23.6 Å². The van der Waals surface area contributed by atoms with Crippen molar-refractivity contribution in [2.24, 2.45) is 0 Å². The van der Waals surface area contributed by atoms with Crippen LogP contribution in [0.2, 0.25) is 0 Å². The predicted octanol–water partition coefficient (Wildman–Crippen LogP) is 2.79. The molecular weight excluding hydrogens is 243 g/mol. The number of imidazole rings is 1. The van der Waals surface area contributed by atoms with Crippen LogP contribution >= 0.6 is 0 Å². The fourth-order valence-corrected chi connectivity index (χ4v) is 1.79. The number of hydrogen-bond donors (Lipinski definition) is 1. The second-order valence-corrected chi connectivity index (χ2v) is 4.24. The van der Waals surface area contributed by atoms with Crippen molar-refractivity contribution < 1.29 is 4.39 Å². The topological polar surface area (TPSA) is 53.6 Å². The van der Waals surface area contributed by atoms with Crippen molar-refractivity contribution in [2.45, 2.75) is 19.4 Å². The molecule has 98 valence electrons. The third-order valence-electron chi connectivity index (χ3n) is 2.82. The van der Waals surface area contributed by atoms with E-state index in [2.05, 4.69) is 10.3 Å².